The molecule has 0 radical (unpaired) electrons. The van der Waals surface area contributed by atoms with Crippen LogP contribution in [0.4, 0.5) is 15.8 Å². The molecule has 9 nitrogen and oxygen atoms in total. The van der Waals surface area contributed by atoms with Crippen LogP contribution in [-0.2, 0) is 25.7 Å². The molecule has 45 heavy (non-hydrogen) atoms. The van der Waals surface area contributed by atoms with Crippen LogP contribution < -0.4 is 15.1 Å². The number of nitrogens with one attached hydrogen (secondary N) is 1. The molecule has 1 N–H and O–H groups in total. The third kappa shape index (κ3) is 5.79. The van der Waals surface area contributed by atoms with Gasteiger partial charge in [0.25, 0.3) is 0 Å². The molecule has 1 fully saturated rings. The largest absolute Gasteiger partial charge is 0.462 e. The number of nitrogens with zero attached hydrogens (tertiary/aromatic N) is 2. The Kier molecular flexibility index (Phi) is 8.57. The molecule has 230 valence electrons. The number of carbonyl (C=O) groups is 4. The Hall–Kier alpha value is -3.97. The number of hydrogen-bond acceptors (Lipinski definition) is 8. The molecule has 3 heterocycles. The quantitative estimate of drug-likeness (QED) is 0.188. The number of ether oxygens (including phenoxy) is 1. The van der Waals surface area contributed by atoms with Crippen LogP contribution in [0.3, 0.4) is 0 Å². The minimum Gasteiger partial charge on any atom is -0.462 e. The first-order chi connectivity index (χ1) is 21.6. The van der Waals surface area contributed by atoms with E-state index in [1.165, 1.54) is 65.2 Å². The van der Waals surface area contributed by atoms with E-state index < -0.39 is 51.5 Å². The number of carbonyl (C=O) groups excluding carboxylic acids is 4. The highest BCUT2D eigenvalue weighted by Gasteiger charge is 2.56. The van der Waals surface area contributed by atoms with Crippen molar-refractivity contribution in [2.75, 3.05) is 16.8 Å². The average molecular weight is 687 g/mol. The number of fused-ring (bicyclic) bond motifs is 2. The van der Waals surface area contributed by atoms with Crippen molar-refractivity contribution >= 4 is 81.4 Å². The first-order valence-corrected chi connectivity index (χ1v) is 16.1. The topological polar surface area (TPSA) is 115 Å². The predicted molar refractivity (Wildman–Crippen MR) is 170 cm³/mol. The van der Waals surface area contributed by atoms with E-state index >= 15 is 0 Å². The van der Waals surface area contributed by atoms with E-state index in [1.807, 2.05) is 0 Å². The molecule has 0 unspecified atom stereocenters. The second-order valence-electron chi connectivity index (χ2n) is 10.2. The minimum atomic E-state index is -0.942. The van der Waals surface area contributed by atoms with Crippen molar-refractivity contribution in [1.82, 2.24) is 4.57 Å². The summed E-state index contributed by atoms with van der Waals surface area (Å²) in [5, 5.41) is 2.69. The molecule has 1 aromatic heterocycles. The Morgan fingerprint density at radius 3 is 2.33 bits per heavy atom. The molecule has 3 amide bonds. The molecular weight excluding hydrogens is 664 g/mol. The van der Waals surface area contributed by atoms with Gasteiger partial charge in [0.05, 0.1) is 38.8 Å². The van der Waals surface area contributed by atoms with E-state index in [9.17, 15) is 28.4 Å². The molecular formula is C31H22Cl2FN3O6S2. The van der Waals surface area contributed by atoms with Crippen molar-refractivity contribution < 1.29 is 28.3 Å². The van der Waals surface area contributed by atoms with Gasteiger partial charge in [0.15, 0.2) is 0 Å². The molecule has 6 rings (SSSR count). The Morgan fingerprint density at radius 1 is 0.956 bits per heavy atom. The van der Waals surface area contributed by atoms with Crippen molar-refractivity contribution in [2.24, 2.45) is 5.92 Å². The lowest BCUT2D eigenvalue weighted by Crippen LogP contribution is -2.33. The molecule has 2 aliphatic heterocycles. The fourth-order valence-electron chi connectivity index (χ4n) is 5.42. The van der Waals surface area contributed by atoms with Crippen molar-refractivity contribution in [1.29, 1.82) is 0 Å². The zero-order valence-corrected chi connectivity index (χ0v) is 26.4. The zero-order valence-electron chi connectivity index (χ0n) is 23.3. The second kappa shape index (κ2) is 12.4. The summed E-state index contributed by atoms with van der Waals surface area (Å²) in [4.78, 5) is 67.5. The maximum atomic E-state index is 14.0. The van der Waals surface area contributed by atoms with Gasteiger partial charge in [-0.1, -0.05) is 58.4 Å². The summed E-state index contributed by atoms with van der Waals surface area (Å²) in [5.74, 6) is -4.22. The fraction of sp³-hybridized carbons (Fsp3) is 0.194. The van der Waals surface area contributed by atoms with Gasteiger partial charge in [-0.25, -0.2) is 14.1 Å². The summed E-state index contributed by atoms with van der Waals surface area (Å²) in [7, 11) is 0. The van der Waals surface area contributed by atoms with Crippen molar-refractivity contribution in [2.45, 2.75) is 29.7 Å². The number of benzene rings is 3. The first-order valence-electron chi connectivity index (χ1n) is 13.6. The molecule has 0 saturated carbocycles. The second-order valence-corrected chi connectivity index (χ2v) is 13.1. The summed E-state index contributed by atoms with van der Waals surface area (Å²) < 4.78 is 20.2. The highest BCUT2D eigenvalue weighted by atomic mass is 35.5. The Labute approximate surface area is 273 Å². The molecule has 14 heteroatoms. The van der Waals surface area contributed by atoms with Gasteiger partial charge in [0.1, 0.15) is 17.6 Å². The third-order valence-electron chi connectivity index (χ3n) is 7.42. The molecule has 3 atom stereocenters. The number of thiazole rings is 1. The molecule has 0 aliphatic carbocycles. The van der Waals surface area contributed by atoms with E-state index in [4.69, 9.17) is 27.9 Å². The minimum absolute atomic E-state index is 0.196. The lowest BCUT2D eigenvalue weighted by molar-refractivity contribution is -0.122. The summed E-state index contributed by atoms with van der Waals surface area (Å²) >= 11 is 14.0. The average Bonchev–Trinajstić information content (AvgIpc) is 3.46. The predicted octanol–water partition coefficient (Wildman–Crippen LogP) is 5.97. The molecule has 3 aromatic carbocycles. The van der Waals surface area contributed by atoms with Gasteiger partial charge in [-0.2, -0.15) is 0 Å². The number of thioether (sulfide) groups is 1. The Morgan fingerprint density at radius 2 is 1.67 bits per heavy atom. The van der Waals surface area contributed by atoms with Crippen molar-refractivity contribution in [3.05, 3.63) is 108 Å². The summed E-state index contributed by atoms with van der Waals surface area (Å²) in [6.45, 7) is 1.51. The number of anilines is 2. The van der Waals surface area contributed by atoms with Crippen LogP contribution in [0.15, 0.2) is 76.6 Å². The van der Waals surface area contributed by atoms with Crippen LogP contribution in [0.1, 0.15) is 33.6 Å². The van der Waals surface area contributed by atoms with Gasteiger partial charge in [0, 0.05) is 16.5 Å². The number of rotatable bonds is 7. The summed E-state index contributed by atoms with van der Waals surface area (Å²) in [5.41, 5.74) is 1.46. The first kappa shape index (κ1) is 31.0. The number of aromatic nitrogens is 1. The van der Waals surface area contributed by atoms with Crippen LogP contribution in [0.25, 0.3) is 0 Å². The van der Waals surface area contributed by atoms with E-state index in [-0.39, 0.29) is 29.4 Å². The zero-order chi connectivity index (χ0) is 32.0. The standard InChI is InChI=1S/C31H22Cl2FN3O6S2/c1-2-43-30(41)16-5-10-19(11-6-16)37-27(39)24-23(15-3-7-17(34)8-4-15)26-29(44-25(24)28(37)40)36(31(42)45-26)14-22(38)35-18-9-12-20(32)21(33)13-18/h3-13,23-25H,2,14H2,1H3,(H,35,38)/t23-,24-,25+/m0/s1. The number of amides is 3. The van der Waals surface area contributed by atoms with Crippen LogP contribution >= 0.6 is 46.3 Å². The van der Waals surface area contributed by atoms with E-state index in [1.54, 1.807) is 13.0 Å². The fourth-order valence-corrected chi connectivity index (χ4v) is 8.49. The van der Waals surface area contributed by atoms with Crippen LogP contribution in [0.2, 0.25) is 10.0 Å². The highest BCUT2D eigenvalue weighted by molar-refractivity contribution is 8.00. The van der Waals surface area contributed by atoms with Gasteiger partial charge in [0.2, 0.25) is 17.7 Å². The van der Waals surface area contributed by atoms with E-state index in [0.29, 0.717) is 26.2 Å². The molecule has 4 aromatic rings. The molecule has 1 saturated heterocycles. The molecule has 0 spiro atoms. The van der Waals surface area contributed by atoms with Crippen LogP contribution in [0.5, 0.6) is 0 Å². The number of esters is 1. The van der Waals surface area contributed by atoms with Gasteiger partial charge < -0.3 is 10.1 Å². The highest BCUT2D eigenvalue weighted by Crippen LogP contribution is 2.53. The Balaban J connectivity index is 1.36. The number of imide groups is 1. The smallest absolute Gasteiger partial charge is 0.338 e. The number of halogens is 3. The summed E-state index contributed by atoms with van der Waals surface area (Å²) in [6.07, 6.45) is 0. The van der Waals surface area contributed by atoms with Gasteiger partial charge in [-0.15, -0.1) is 0 Å². The third-order valence-corrected chi connectivity index (χ3v) is 10.8. The lowest BCUT2D eigenvalue weighted by atomic mass is 9.83. The monoisotopic (exact) mass is 685 g/mol. The lowest BCUT2D eigenvalue weighted by Gasteiger charge is -2.30. The molecule has 2 aliphatic rings. The van der Waals surface area contributed by atoms with Gasteiger partial charge in [-0.05, 0) is 67.1 Å². The maximum absolute atomic E-state index is 14.0. The van der Waals surface area contributed by atoms with Crippen LogP contribution in [0, 0.1) is 11.7 Å². The Bertz CT molecular complexity index is 1910. The van der Waals surface area contributed by atoms with Crippen LogP contribution in [-0.4, -0.2) is 40.1 Å². The normalized spacial score (nSPS) is 18.8. The molecule has 0 bridgehead atoms. The SMILES string of the molecule is CCOC(=O)c1ccc(N2C(=O)[C@H]3[C@H](c4ccc(F)cc4)c4sc(=O)n(CC(=O)Nc5ccc(Cl)c(Cl)c5)c4S[C@H]3C2=O)cc1. The summed E-state index contributed by atoms with van der Waals surface area (Å²) in [6, 6.07) is 16.1. The van der Waals surface area contributed by atoms with Gasteiger partial charge >= 0.3 is 10.8 Å². The van der Waals surface area contributed by atoms with Crippen molar-refractivity contribution in [3.8, 4) is 0 Å². The van der Waals surface area contributed by atoms with E-state index in [0.717, 1.165) is 28.0 Å². The van der Waals surface area contributed by atoms with Crippen molar-refractivity contribution in [3.63, 3.8) is 0 Å². The maximum Gasteiger partial charge on any atom is 0.338 e. The van der Waals surface area contributed by atoms with Gasteiger partial charge in [-0.3, -0.25) is 23.7 Å². The number of hydrogen-bond donors (Lipinski definition) is 1. The van der Waals surface area contributed by atoms with E-state index in [2.05, 4.69) is 5.32 Å².